The van der Waals surface area contributed by atoms with E-state index in [-0.39, 0.29) is 11.8 Å². The standard InChI is InChI=1S/C18H23N3O3/c1-13(2)18(22)21-14-4-9-17(20-12-14)19-10-11-24-16-7-5-15(23-3)6-8-16/h4-9,12-13H,10-11H2,1-3H3,(H,19,20)(H,21,22). The molecule has 0 atom stereocenters. The van der Waals surface area contributed by atoms with Gasteiger partial charge in [-0.05, 0) is 36.4 Å². The number of nitrogens with zero attached hydrogens (tertiary/aromatic N) is 1. The molecule has 1 aromatic carbocycles. The van der Waals surface area contributed by atoms with Crippen LogP contribution in [-0.2, 0) is 4.79 Å². The molecule has 0 aliphatic carbocycles. The van der Waals surface area contributed by atoms with Crippen LogP contribution in [0.15, 0.2) is 42.6 Å². The number of anilines is 2. The van der Waals surface area contributed by atoms with Gasteiger partial charge in [0.25, 0.3) is 0 Å². The fraction of sp³-hybridized carbons (Fsp3) is 0.333. The molecular formula is C18H23N3O3. The lowest BCUT2D eigenvalue weighted by Gasteiger charge is -2.10. The zero-order valence-electron chi connectivity index (χ0n) is 14.2. The minimum absolute atomic E-state index is 0.0228. The van der Waals surface area contributed by atoms with Crippen LogP contribution in [0.3, 0.4) is 0 Å². The van der Waals surface area contributed by atoms with Crippen molar-refractivity contribution in [1.29, 1.82) is 0 Å². The van der Waals surface area contributed by atoms with Crippen molar-refractivity contribution >= 4 is 17.4 Å². The highest BCUT2D eigenvalue weighted by atomic mass is 16.5. The Hall–Kier alpha value is -2.76. The van der Waals surface area contributed by atoms with Crippen molar-refractivity contribution in [3.63, 3.8) is 0 Å². The Kier molecular flexibility index (Phi) is 6.42. The number of aromatic nitrogens is 1. The number of methoxy groups -OCH3 is 1. The molecule has 2 rings (SSSR count). The van der Waals surface area contributed by atoms with Gasteiger partial charge in [-0.15, -0.1) is 0 Å². The van der Waals surface area contributed by atoms with E-state index in [0.717, 1.165) is 17.3 Å². The predicted octanol–water partition coefficient (Wildman–Crippen LogP) is 3.18. The van der Waals surface area contributed by atoms with Crippen LogP contribution in [0.4, 0.5) is 11.5 Å². The van der Waals surface area contributed by atoms with Crippen LogP contribution in [-0.4, -0.2) is 31.2 Å². The minimum Gasteiger partial charge on any atom is -0.497 e. The lowest BCUT2D eigenvalue weighted by Crippen LogP contribution is -2.18. The molecule has 0 saturated heterocycles. The Morgan fingerprint density at radius 2 is 1.83 bits per heavy atom. The summed E-state index contributed by atoms with van der Waals surface area (Å²) >= 11 is 0. The van der Waals surface area contributed by atoms with Crippen molar-refractivity contribution in [3.05, 3.63) is 42.6 Å². The molecule has 2 aromatic rings. The second kappa shape index (κ2) is 8.76. The summed E-state index contributed by atoms with van der Waals surface area (Å²) in [6, 6.07) is 11.1. The second-order valence-corrected chi connectivity index (χ2v) is 5.53. The van der Waals surface area contributed by atoms with Crippen LogP contribution in [0.1, 0.15) is 13.8 Å². The first-order chi connectivity index (χ1) is 11.6. The van der Waals surface area contributed by atoms with E-state index in [0.29, 0.717) is 18.8 Å². The van der Waals surface area contributed by atoms with Gasteiger partial charge in [0.2, 0.25) is 5.91 Å². The van der Waals surface area contributed by atoms with Gasteiger partial charge in [0.1, 0.15) is 23.9 Å². The molecular weight excluding hydrogens is 306 g/mol. The number of carbonyl (C=O) groups excluding carboxylic acids is 1. The van der Waals surface area contributed by atoms with Crippen molar-refractivity contribution in [3.8, 4) is 11.5 Å². The quantitative estimate of drug-likeness (QED) is 0.728. The van der Waals surface area contributed by atoms with Crippen molar-refractivity contribution in [1.82, 2.24) is 4.98 Å². The van der Waals surface area contributed by atoms with Gasteiger partial charge in [-0.25, -0.2) is 4.98 Å². The topological polar surface area (TPSA) is 72.5 Å². The number of nitrogens with one attached hydrogen (secondary N) is 2. The van der Waals surface area contributed by atoms with Crippen LogP contribution >= 0.6 is 0 Å². The zero-order chi connectivity index (χ0) is 17.4. The maximum Gasteiger partial charge on any atom is 0.226 e. The molecule has 0 bridgehead atoms. The Morgan fingerprint density at radius 1 is 1.12 bits per heavy atom. The molecule has 0 radical (unpaired) electrons. The summed E-state index contributed by atoms with van der Waals surface area (Å²) < 4.78 is 10.7. The smallest absolute Gasteiger partial charge is 0.226 e. The van der Waals surface area contributed by atoms with Gasteiger partial charge < -0.3 is 20.1 Å². The highest BCUT2D eigenvalue weighted by Crippen LogP contribution is 2.17. The average molecular weight is 329 g/mol. The Balaban J connectivity index is 1.73. The summed E-state index contributed by atoms with van der Waals surface area (Å²) in [7, 11) is 1.63. The van der Waals surface area contributed by atoms with Gasteiger partial charge in [0.15, 0.2) is 0 Å². The van der Waals surface area contributed by atoms with Gasteiger partial charge in [-0.1, -0.05) is 13.8 Å². The lowest BCUT2D eigenvalue weighted by molar-refractivity contribution is -0.118. The van der Waals surface area contributed by atoms with Crippen LogP contribution in [0.25, 0.3) is 0 Å². The van der Waals surface area contributed by atoms with Crippen LogP contribution in [0.5, 0.6) is 11.5 Å². The van der Waals surface area contributed by atoms with Gasteiger partial charge in [-0.3, -0.25) is 4.79 Å². The van der Waals surface area contributed by atoms with Gasteiger partial charge in [-0.2, -0.15) is 0 Å². The molecule has 0 aliphatic heterocycles. The zero-order valence-corrected chi connectivity index (χ0v) is 14.2. The Morgan fingerprint density at radius 3 is 2.42 bits per heavy atom. The lowest BCUT2D eigenvalue weighted by atomic mass is 10.2. The molecule has 0 spiro atoms. The van der Waals surface area contributed by atoms with E-state index in [1.165, 1.54) is 0 Å². The summed E-state index contributed by atoms with van der Waals surface area (Å²) in [6.07, 6.45) is 1.63. The van der Waals surface area contributed by atoms with E-state index in [9.17, 15) is 4.79 Å². The van der Waals surface area contributed by atoms with E-state index in [2.05, 4.69) is 15.6 Å². The number of hydrogen-bond donors (Lipinski definition) is 2. The molecule has 24 heavy (non-hydrogen) atoms. The number of carbonyl (C=O) groups is 1. The number of rotatable bonds is 8. The fourth-order valence-electron chi connectivity index (χ4n) is 1.88. The maximum absolute atomic E-state index is 11.6. The van der Waals surface area contributed by atoms with E-state index < -0.39 is 0 Å². The van der Waals surface area contributed by atoms with E-state index in [1.807, 2.05) is 50.2 Å². The Bertz CT molecular complexity index is 640. The third kappa shape index (κ3) is 5.46. The Labute approximate surface area is 142 Å². The fourth-order valence-corrected chi connectivity index (χ4v) is 1.88. The molecule has 6 heteroatoms. The summed E-state index contributed by atoms with van der Waals surface area (Å²) in [6.45, 7) is 4.83. The highest BCUT2D eigenvalue weighted by molar-refractivity contribution is 5.91. The first-order valence-electron chi connectivity index (χ1n) is 7.86. The summed E-state index contributed by atoms with van der Waals surface area (Å²) in [5, 5.41) is 5.97. The van der Waals surface area contributed by atoms with Gasteiger partial charge in [0, 0.05) is 5.92 Å². The van der Waals surface area contributed by atoms with Crippen molar-refractivity contribution in [2.45, 2.75) is 13.8 Å². The number of hydrogen-bond acceptors (Lipinski definition) is 5. The SMILES string of the molecule is COc1ccc(OCCNc2ccc(NC(=O)C(C)C)cn2)cc1. The van der Waals surface area contributed by atoms with Crippen molar-refractivity contribution in [2.24, 2.45) is 5.92 Å². The monoisotopic (exact) mass is 329 g/mol. The number of benzene rings is 1. The highest BCUT2D eigenvalue weighted by Gasteiger charge is 2.07. The minimum atomic E-state index is -0.0575. The van der Waals surface area contributed by atoms with Crippen LogP contribution in [0.2, 0.25) is 0 Å². The van der Waals surface area contributed by atoms with Crippen LogP contribution in [0, 0.1) is 5.92 Å². The number of pyridine rings is 1. The normalized spacial score (nSPS) is 10.3. The van der Waals surface area contributed by atoms with E-state index in [1.54, 1.807) is 13.3 Å². The second-order valence-electron chi connectivity index (χ2n) is 5.53. The molecule has 128 valence electrons. The molecule has 1 heterocycles. The van der Waals surface area contributed by atoms with Crippen molar-refractivity contribution in [2.75, 3.05) is 30.9 Å². The first-order valence-corrected chi connectivity index (χ1v) is 7.86. The largest absolute Gasteiger partial charge is 0.497 e. The molecule has 1 aromatic heterocycles. The number of ether oxygens (including phenoxy) is 2. The van der Waals surface area contributed by atoms with Crippen molar-refractivity contribution < 1.29 is 14.3 Å². The summed E-state index contributed by atoms with van der Waals surface area (Å²) in [4.78, 5) is 15.9. The molecule has 2 N–H and O–H groups in total. The van der Waals surface area contributed by atoms with E-state index in [4.69, 9.17) is 9.47 Å². The van der Waals surface area contributed by atoms with E-state index >= 15 is 0 Å². The third-order valence-corrected chi connectivity index (χ3v) is 3.29. The first kappa shape index (κ1) is 17.6. The third-order valence-electron chi connectivity index (χ3n) is 3.29. The van der Waals surface area contributed by atoms with Gasteiger partial charge >= 0.3 is 0 Å². The molecule has 0 fully saturated rings. The maximum atomic E-state index is 11.6. The number of amides is 1. The van der Waals surface area contributed by atoms with Crippen LogP contribution < -0.4 is 20.1 Å². The molecule has 0 aliphatic rings. The molecule has 1 amide bonds. The predicted molar refractivity (Wildman–Crippen MR) is 94.7 cm³/mol. The summed E-state index contributed by atoms with van der Waals surface area (Å²) in [5.74, 6) is 2.24. The molecule has 0 unspecified atom stereocenters. The molecule has 6 nitrogen and oxygen atoms in total. The summed E-state index contributed by atoms with van der Waals surface area (Å²) in [5.41, 5.74) is 0.689. The molecule has 0 saturated carbocycles. The average Bonchev–Trinajstić information content (AvgIpc) is 2.60. The van der Waals surface area contributed by atoms with Gasteiger partial charge in [0.05, 0.1) is 25.5 Å².